The van der Waals surface area contributed by atoms with E-state index in [4.69, 9.17) is 12.2 Å². The number of nitrogens with zero attached hydrogens (tertiary/aromatic N) is 1. The van der Waals surface area contributed by atoms with Gasteiger partial charge in [0.15, 0.2) is 5.11 Å². The summed E-state index contributed by atoms with van der Waals surface area (Å²) >= 11 is 5.42. The highest BCUT2D eigenvalue weighted by atomic mass is 32.1. The lowest BCUT2D eigenvalue weighted by molar-refractivity contribution is 0.296. The van der Waals surface area contributed by atoms with Crippen LogP contribution in [-0.2, 0) is 13.1 Å². The second kappa shape index (κ2) is 9.89. The Hall–Kier alpha value is -1.13. The van der Waals surface area contributed by atoms with Gasteiger partial charge in [-0.1, -0.05) is 57.4 Å². The van der Waals surface area contributed by atoms with Gasteiger partial charge >= 0.3 is 0 Å². The van der Waals surface area contributed by atoms with Gasteiger partial charge in [0.2, 0.25) is 0 Å². The maximum atomic E-state index is 5.42. The van der Waals surface area contributed by atoms with Gasteiger partial charge in [-0.15, -0.1) is 0 Å². The number of thiocarbonyl (C=S) groups is 1. The molecular weight excluding hydrogens is 302 g/mol. The summed E-state index contributed by atoms with van der Waals surface area (Å²) in [5.41, 5.74) is 2.65. The molecule has 2 N–H and O–H groups in total. The molecule has 1 fully saturated rings. The van der Waals surface area contributed by atoms with Crippen molar-refractivity contribution in [2.24, 2.45) is 0 Å². The molecule has 0 amide bonds. The van der Waals surface area contributed by atoms with Gasteiger partial charge in [0, 0.05) is 19.1 Å². The fourth-order valence-corrected chi connectivity index (χ4v) is 3.37. The Morgan fingerprint density at radius 3 is 2.26 bits per heavy atom. The van der Waals surface area contributed by atoms with Crippen molar-refractivity contribution in [3.05, 3.63) is 35.4 Å². The van der Waals surface area contributed by atoms with Crippen LogP contribution in [0.2, 0.25) is 0 Å². The molecule has 0 spiro atoms. The van der Waals surface area contributed by atoms with E-state index < -0.39 is 0 Å². The number of rotatable bonds is 7. The molecule has 0 atom stereocenters. The minimum absolute atomic E-state index is 0.570. The van der Waals surface area contributed by atoms with E-state index in [9.17, 15) is 0 Å². The summed E-state index contributed by atoms with van der Waals surface area (Å²) in [7, 11) is 0. The van der Waals surface area contributed by atoms with Crippen LogP contribution in [0.5, 0.6) is 0 Å². The van der Waals surface area contributed by atoms with Crippen molar-refractivity contribution in [2.75, 3.05) is 13.1 Å². The summed E-state index contributed by atoms with van der Waals surface area (Å²) in [6, 6.07) is 9.43. The molecule has 1 saturated carbocycles. The van der Waals surface area contributed by atoms with Crippen LogP contribution >= 0.6 is 12.2 Å². The first-order valence-electron chi connectivity index (χ1n) is 9.05. The summed E-state index contributed by atoms with van der Waals surface area (Å²) in [4.78, 5) is 2.43. The Kier molecular flexibility index (Phi) is 7.83. The standard InChI is InChI=1S/C19H31N3S/c1-3-22(4-2)15-17-12-10-16(11-13-17)14-20-19(23)21-18-8-6-5-7-9-18/h10-13,18H,3-9,14-15H2,1-2H3,(H2,20,21,23). The van der Waals surface area contributed by atoms with Crippen molar-refractivity contribution in [2.45, 2.75) is 65.1 Å². The van der Waals surface area contributed by atoms with Crippen LogP contribution in [0.4, 0.5) is 0 Å². The molecular formula is C19H31N3S. The zero-order valence-corrected chi connectivity index (χ0v) is 15.4. The van der Waals surface area contributed by atoms with Crippen molar-refractivity contribution < 1.29 is 0 Å². The van der Waals surface area contributed by atoms with Gasteiger partial charge in [0.1, 0.15) is 0 Å². The summed E-state index contributed by atoms with van der Waals surface area (Å²) in [6.07, 6.45) is 6.53. The SMILES string of the molecule is CCN(CC)Cc1ccc(CNC(=S)NC2CCCCC2)cc1. The highest BCUT2D eigenvalue weighted by Gasteiger charge is 2.13. The molecule has 0 saturated heterocycles. The molecule has 1 aromatic carbocycles. The molecule has 0 heterocycles. The molecule has 128 valence electrons. The van der Waals surface area contributed by atoms with E-state index in [2.05, 4.69) is 53.6 Å². The molecule has 0 unspecified atom stereocenters. The number of nitrogens with one attached hydrogen (secondary N) is 2. The van der Waals surface area contributed by atoms with Gasteiger partial charge in [-0.25, -0.2) is 0 Å². The van der Waals surface area contributed by atoms with Gasteiger partial charge < -0.3 is 10.6 Å². The lowest BCUT2D eigenvalue weighted by atomic mass is 9.96. The fourth-order valence-electron chi connectivity index (χ4n) is 3.13. The van der Waals surface area contributed by atoms with Crippen LogP contribution < -0.4 is 10.6 Å². The zero-order valence-electron chi connectivity index (χ0n) is 14.6. The second-order valence-electron chi connectivity index (χ2n) is 6.44. The molecule has 0 bridgehead atoms. The summed E-state index contributed by atoms with van der Waals surface area (Å²) < 4.78 is 0. The first-order chi connectivity index (χ1) is 11.2. The third-order valence-electron chi connectivity index (χ3n) is 4.72. The topological polar surface area (TPSA) is 27.3 Å². The molecule has 4 heteroatoms. The van der Waals surface area contributed by atoms with E-state index >= 15 is 0 Å². The minimum atomic E-state index is 0.570. The van der Waals surface area contributed by atoms with E-state index in [0.29, 0.717) is 6.04 Å². The predicted octanol–water partition coefficient (Wildman–Crippen LogP) is 3.83. The zero-order chi connectivity index (χ0) is 16.5. The predicted molar refractivity (Wildman–Crippen MR) is 103 cm³/mol. The molecule has 1 aromatic rings. The lowest BCUT2D eigenvalue weighted by Crippen LogP contribution is -2.42. The molecule has 23 heavy (non-hydrogen) atoms. The van der Waals surface area contributed by atoms with Crippen LogP contribution in [0.15, 0.2) is 24.3 Å². The first-order valence-corrected chi connectivity index (χ1v) is 9.46. The second-order valence-corrected chi connectivity index (χ2v) is 6.85. The maximum absolute atomic E-state index is 5.42. The Balaban J connectivity index is 1.73. The summed E-state index contributed by atoms with van der Waals surface area (Å²) in [6.45, 7) is 8.44. The minimum Gasteiger partial charge on any atom is -0.360 e. The van der Waals surface area contributed by atoms with Gasteiger partial charge in [-0.2, -0.15) is 0 Å². The van der Waals surface area contributed by atoms with Crippen molar-refractivity contribution in [3.63, 3.8) is 0 Å². The first kappa shape index (κ1) is 18.2. The largest absolute Gasteiger partial charge is 0.360 e. The third-order valence-corrected chi connectivity index (χ3v) is 4.98. The third kappa shape index (κ3) is 6.48. The lowest BCUT2D eigenvalue weighted by Gasteiger charge is -2.24. The normalized spacial score (nSPS) is 15.6. The molecule has 0 aromatic heterocycles. The van der Waals surface area contributed by atoms with Crippen LogP contribution in [0.1, 0.15) is 57.1 Å². The van der Waals surface area contributed by atoms with Crippen LogP contribution in [0, 0.1) is 0 Å². The molecule has 0 aliphatic heterocycles. The molecule has 1 aliphatic carbocycles. The molecule has 0 radical (unpaired) electrons. The van der Waals surface area contributed by atoms with Crippen molar-refractivity contribution >= 4 is 17.3 Å². The van der Waals surface area contributed by atoms with Crippen molar-refractivity contribution in [1.82, 2.24) is 15.5 Å². The van der Waals surface area contributed by atoms with E-state index in [0.717, 1.165) is 31.3 Å². The Morgan fingerprint density at radius 1 is 1.04 bits per heavy atom. The van der Waals surface area contributed by atoms with E-state index in [-0.39, 0.29) is 0 Å². The van der Waals surface area contributed by atoms with Crippen molar-refractivity contribution in [1.29, 1.82) is 0 Å². The van der Waals surface area contributed by atoms with Gasteiger partial charge in [-0.3, -0.25) is 4.90 Å². The maximum Gasteiger partial charge on any atom is 0.166 e. The monoisotopic (exact) mass is 333 g/mol. The number of hydrogen-bond acceptors (Lipinski definition) is 2. The molecule has 3 nitrogen and oxygen atoms in total. The van der Waals surface area contributed by atoms with Crippen LogP contribution in [0.25, 0.3) is 0 Å². The van der Waals surface area contributed by atoms with Crippen molar-refractivity contribution in [3.8, 4) is 0 Å². The van der Waals surface area contributed by atoms with Gasteiger partial charge in [0.25, 0.3) is 0 Å². The van der Waals surface area contributed by atoms with Gasteiger partial charge in [-0.05, 0) is 49.3 Å². The number of hydrogen-bond donors (Lipinski definition) is 2. The number of benzene rings is 1. The van der Waals surface area contributed by atoms with Crippen LogP contribution in [-0.4, -0.2) is 29.1 Å². The smallest absolute Gasteiger partial charge is 0.166 e. The van der Waals surface area contributed by atoms with Crippen LogP contribution in [0.3, 0.4) is 0 Å². The summed E-state index contributed by atoms with van der Waals surface area (Å²) in [5.74, 6) is 0. The Morgan fingerprint density at radius 2 is 1.65 bits per heavy atom. The van der Waals surface area contributed by atoms with E-state index in [1.165, 1.54) is 43.2 Å². The fraction of sp³-hybridized carbons (Fsp3) is 0.632. The quantitative estimate of drug-likeness (QED) is 0.742. The van der Waals surface area contributed by atoms with E-state index in [1.54, 1.807) is 0 Å². The van der Waals surface area contributed by atoms with Gasteiger partial charge in [0.05, 0.1) is 0 Å². The molecule has 2 rings (SSSR count). The highest BCUT2D eigenvalue weighted by molar-refractivity contribution is 7.80. The summed E-state index contributed by atoms with van der Waals surface area (Å²) in [5, 5.41) is 7.59. The highest BCUT2D eigenvalue weighted by Crippen LogP contribution is 2.17. The Bertz CT molecular complexity index is 462. The molecule has 1 aliphatic rings. The average Bonchev–Trinajstić information content (AvgIpc) is 2.60. The van der Waals surface area contributed by atoms with E-state index in [1.807, 2.05) is 0 Å². The Labute approximate surface area is 146 Å². The average molecular weight is 334 g/mol.